The Morgan fingerprint density at radius 2 is 1.71 bits per heavy atom. The van der Waals surface area contributed by atoms with Crippen LogP contribution in [0.15, 0.2) is 54.7 Å². The van der Waals surface area contributed by atoms with E-state index < -0.39 is 11.9 Å². The van der Waals surface area contributed by atoms with Gasteiger partial charge in [-0.1, -0.05) is 30.7 Å². The minimum absolute atomic E-state index is 0.0621. The van der Waals surface area contributed by atoms with Crippen molar-refractivity contribution in [2.24, 2.45) is 0 Å². The molecule has 2 unspecified atom stereocenters. The number of carboxylic acids is 2. The first-order valence-corrected chi connectivity index (χ1v) is 11.4. The van der Waals surface area contributed by atoms with Crippen LogP contribution in [0.2, 0.25) is 0 Å². The Morgan fingerprint density at radius 3 is 2.35 bits per heavy atom. The van der Waals surface area contributed by atoms with Crippen molar-refractivity contribution in [3.05, 3.63) is 67.5 Å². The molecule has 1 aliphatic rings. The zero-order valence-corrected chi connectivity index (χ0v) is 19.2. The summed E-state index contributed by atoms with van der Waals surface area (Å²) in [6, 6.07) is 13.9. The summed E-state index contributed by atoms with van der Waals surface area (Å²) in [5.74, 6) is -2.34. The zero-order valence-electron chi connectivity index (χ0n) is 19.2. The Hall–Kier alpha value is -3.30. The molecule has 9 heteroatoms. The summed E-state index contributed by atoms with van der Waals surface area (Å²) >= 11 is 0. The van der Waals surface area contributed by atoms with Gasteiger partial charge in [0.25, 0.3) is 0 Å². The van der Waals surface area contributed by atoms with Crippen molar-refractivity contribution < 1.29 is 29.1 Å². The van der Waals surface area contributed by atoms with E-state index >= 15 is 0 Å². The van der Waals surface area contributed by atoms with E-state index in [-0.39, 0.29) is 42.1 Å². The number of hydrogen-bond donors (Lipinski definition) is 3. The Bertz CT molecular complexity index is 972. The number of pyridine rings is 1. The molecule has 0 spiro atoms. The van der Waals surface area contributed by atoms with E-state index in [2.05, 4.69) is 17.3 Å². The lowest BCUT2D eigenvalue weighted by molar-refractivity contribution is -0.920. The second-order valence-corrected chi connectivity index (χ2v) is 8.88. The lowest BCUT2D eigenvalue weighted by Gasteiger charge is -2.54. The lowest BCUT2D eigenvalue weighted by atomic mass is 9.86. The summed E-state index contributed by atoms with van der Waals surface area (Å²) in [6.45, 7) is -0.362. The summed E-state index contributed by atoms with van der Waals surface area (Å²) in [4.78, 5) is 42.4. The van der Waals surface area contributed by atoms with E-state index in [4.69, 9.17) is 0 Å². The topological polar surface area (TPSA) is 120 Å². The standard InChI is InChI=1S/C25H32N4O5/c1-29(18-25(33)34,17-20-11-7-8-14-26-20)22-13-6-5-12-21(22)28(16-24(31)32)15-23(30)27-19-9-3-2-4-10-19/h2-4,7-11,14,21-22H,1,5-6,12-13,15-18H2,(H,27,30)(H,31,32)(H,33,34)/t21?,22-,29?/m0/s1. The molecule has 1 fully saturated rings. The van der Waals surface area contributed by atoms with Crippen LogP contribution >= 0.6 is 0 Å². The summed E-state index contributed by atoms with van der Waals surface area (Å²) in [5, 5.41) is 22.1. The highest BCUT2D eigenvalue weighted by molar-refractivity contribution is 5.92. The smallest absolute Gasteiger partial charge is 0.357 e. The average Bonchev–Trinajstić information content (AvgIpc) is 2.79. The number of nitrogens with zero attached hydrogens (tertiary/aromatic N) is 3. The third-order valence-electron chi connectivity index (χ3n) is 6.26. The number of benzene rings is 1. The lowest BCUT2D eigenvalue weighted by Crippen LogP contribution is -2.63. The highest BCUT2D eigenvalue weighted by atomic mass is 16.4. The fourth-order valence-corrected chi connectivity index (χ4v) is 4.90. The number of rotatable bonds is 11. The van der Waals surface area contributed by atoms with Crippen molar-refractivity contribution in [3.63, 3.8) is 0 Å². The van der Waals surface area contributed by atoms with Gasteiger partial charge in [-0.25, -0.2) is 4.79 Å². The molecule has 2 aromatic rings. The highest BCUT2D eigenvalue weighted by Gasteiger charge is 2.41. The number of aromatic nitrogens is 1. The number of aliphatic carboxylic acids is 2. The molecular weight excluding hydrogens is 436 g/mol. The van der Waals surface area contributed by atoms with Crippen LogP contribution in [0.1, 0.15) is 31.4 Å². The van der Waals surface area contributed by atoms with Crippen molar-refractivity contribution in [1.82, 2.24) is 9.88 Å². The van der Waals surface area contributed by atoms with E-state index in [0.29, 0.717) is 25.1 Å². The van der Waals surface area contributed by atoms with Crippen molar-refractivity contribution >= 4 is 23.5 Å². The third kappa shape index (κ3) is 7.10. The number of para-hydroxylation sites is 1. The molecule has 0 aliphatic heterocycles. The first-order chi connectivity index (χ1) is 16.3. The predicted octanol–water partition coefficient (Wildman–Crippen LogP) is 2.61. The van der Waals surface area contributed by atoms with Crippen LogP contribution in [0.3, 0.4) is 0 Å². The average molecular weight is 469 g/mol. The molecule has 1 heterocycles. The fourth-order valence-electron chi connectivity index (χ4n) is 4.90. The molecule has 0 radical (unpaired) electrons. The first-order valence-electron chi connectivity index (χ1n) is 11.4. The van der Waals surface area contributed by atoms with Gasteiger partial charge in [0.05, 0.1) is 37.4 Å². The number of carboxylic acid groups (broad SMARTS) is 2. The van der Waals surface area contributed by atoms with Crippen LogP contribution in [-0.2, 0) is 20.9 Å². The van der Waals surface area contributed by atoms with E-state index in [9.17, 15) is 24.6 Å². The van der Waals surface area contributed by atoms with Gasteiger partial charge in [-0.2, -0.15) is 0 Å². The molecule has 3 N–H and O–H groups in total. The van der Waals surface area contributed by atoms with Crippen LogP contribution in [0.25, 0.3) is 0 Å². The number of nitrogens with one attached hydrogen (secondary N) is 1. The second kappa shape index (κ2) is 11.7. The second-order valence-electron chi connectivity index (χ2n) is 8.88. The molecule has 0 saturated heterocycles. The van der Waals surface area contributed by atoms with Crippen LogP contribution in [0, 0.1) is 7.05 Å². The van der Waals surface area contributed by atoms with Crippen molar-refractivity contribution in [2.45, 2.75) is 44.3 Å². The minimum atomic E-state index is -1.04. The van der Waals surface area contributed by atoms with Crippen molar-refractivity contribution in [3.8, 4) is 0 Å². The molecule has 3 rings (SSSR count). The molecule has 3 atom stereocenters. The Kier molecular flexibility index (Phi) is 8.72. The van der Waals surface area contributed by atoms with Crippen LogP contribution < -0.4 is 5.32 Å². The Balaban J connectivity index is 1.86. The minimum Gasteiger partial charge on any atom is -0.480 e. The number of amides is 1. The van der Waals surface area contributed by atoms with E-state index in [1.54, 1.807) is 41.4 Å². The maximum Gasteiger partial charge on any atom is 0.357 e. The zero-order chi connectivity index (χ0) is 24.6. The van der Waals surface area contributed by atoms with Gasteiger partial charge in [-0.3, -0.25) is 19.5 Å². The van der Waals surface area contributed by atoms with Crippen LogP contribution in [0.5, 0.6) is 0 Å². The molecule has 1 aliphatic carbocycles. The molecule has 0 bridgehead atoms. The van der Waals surface area contributed by atoms with E-state index in [0.717, 1.165) is 18.5 Å². The van der Waals surface area contributed by atoms with Gasteiger partial charge < -0.3 is 20.0 Å². The highest BCUT2D eigenvalue weighted by Crippen LogP contribution is 2.33. The number of carbonyl (C=O) groups excluding carboxylic acids is 1. The van der Waals surface area contributed by atoms with Gasteiger partial charge in [-0.15, -0.1) is 7.05 Å². The van der Waals surface area contributed by atoms with Crippen molar-refractivity contribution in [2.75, 3.05) is 25.0 Å². The number of carbonyl (C=O) groups is 3. The molecule has 1 aromatic carbocycles. The van der Waals surface area contributed by atoms with Crippen LogP contribution in [-0.4, -0.2) is 74.1 Å². The number of hydrogen-bond acceptors (Lipinski definition) is 5. The van der Waals surface area contributed by atoms with Gasteiger partial charge in [0, 0.05) is 11.9 Å². The van der Waals surface area contributed by atoms with E-state index in [1.165, 1.54) is 0 Å². The summed E-state index contributed by atoms with van der Waals surface area (Å²) in [7, 11) is 4.33. The maximum absolute atomic E-state index is 12.8. The molecule has 9 nitrogen and oxygen atoms in total. The summed E-state index contributed by atoms with van der Waals surface area (Å²) in [6.07, 6.45) is 4.76. The quantitative estimate of drug-likeness (QED) is 0.342. The third-order valence-corrected chi connectivity index (χ3v) is 6.26. The molecule has 1 amide bonds. The maximum atomic E-state index is 12.8. The molecular formula is C25H32N4O5. The van der Waals surface area contributed by atoms with Gasteiger partial charge in [0.1, 0.15) is 0 Å². The van der Waals surface area contributed by atoms with Crippen molar-refractivity contribution in [1.29, 1.82) is 0 Å². The number of anilines is 1. The molecule has 34 heavy (non-hydrogen) atoms. The molecule has 182 valence electrons. The molecule has 1 aromatic heterocycles. The largest absolute Gasteiger partial charge is 0.480 e. The van der Waals surface area contributed by atoms with Gasteiger partial charge >= 0.3 is 11.9 Å². The Labute approximate surface area is 199 Å². The fraction of sp³-hybridized carbons (Fsp3) is 0.400. The number of quaternary nitrogens is 1. The Morgan fingerprint density at radius 1 is 1.00 bits per heavy atom. The van der Waals surface area contributed by atoms with Crippen LogP contribution in [0.4, 0.5) is 5.69 Å². The first kappa shape index (κ1) is 25.3. The normalized spacial score (nSPS) is 19.8. The predicted molar refractivity (Wildman–Crippen MR) is 126 cm³/mol. The molecule has 1 saturated carbocycles. The van der Waals surface area contributed by atoms with Gasteiger partial charge in [0.15, 0.2) is 6.54 Å². The summed E-state index contributed by atoms with van der Waals surface area (Å²) in [5.41, 5.74) is 1.35. The van der Waals surface area contributed by atoms with Gasteiger partial charge in [0.2, 0.25) is 5.91 Å². The van der Waals surface area contributed by atoms with Gasteiger partial charge in [-0.05, 0) is 43.5 Å². The monoisotopic (exact) mass is 468 g/mol. The van der Waals surface area contributed by atoms with E-state index in [1.807, 2.05) is 18.2 Å². The summed E-state index contributed by atoms with van der Waals surface area (Å²) < 4.78 is -0.0621. The SMILES string of the molecule is [CH2-][N+](CC(=O)O)(Cc1ccccn1)[C@H]1CCCCC1N(CC(=O)O)CC(=O)Nc1ccccc1.